The molecule has 0 radical (unpaired) electrons. The van der Waals surface area contributed by atoms with Gasteiger partial charge in [-0.15, -0.1) is 0 Å². The molecule has 2 aromatic rings. The van der Waals surface area contributed by atoms with E-state index >= 15 is 0 Å². The number of aromatic hydroxyl groups is 2. The van der Waals surface area contributed by atoms with E-state index in [1.165, 1.54) is 24.6 Å². The summed E-state index contributed by atoms with van der Waals surface area (Å²) in [5.41, 5.74) is 0.790. The van der Waals surface area contributed by atoms with Crippen LogP contribution < -0.4 is 0 Å². The minimum Gasteiger partial charge on any atom is -0.507 e. The van der Waals surface area contributed by atoms with Crippen molar-refractivity contribution in [1.29, 1.82) is 0 Å². The fourth-order valence-electron chi connectivity index (χ4n) is 4.10. The van der Waals surface area contributed by atoms with Gasteiger partial charge < -0.3 is 54.7 Å². The zero-order valence-electron chi connectivity index (χ0n) is 22.8. The fourth-order valence-corrected chi connectivity index (χ4v) is 4.10. The largest absolute Gasteiger partial charge is 0.507 e. The number of benzene rings is 2. The van der Waals surface area contributed by atoms with Crippen LogP contribution in [0, 0.1) is 0 Å². The highest BCUT2D eigenvalue weighted by atomic mass is 16.7. The number of carbonyl (C=O) groups excluding carboxylic acids is 1. The molecule has 7 N–H and O–H groups in total. The average Bonchev–Trinajstić information content (AvgIpc) is 2.96. The van der Waals surface area contributed by atoms with Crippen molar-refractivity contribution in [3.63, 3.8) is 0 Å². The molecule has 42 heavy (non-hydrogen) atoms. The predicted octanol–water partition coefficient (Wildman–Crippen LogP) is -0.912. The smallest absolute Gasteiger partial charge is 0.303 e. The monoisotopic (exact) mass is 592 g/mol. The van der Waals surface area contributed by atoms with Crippen LogP contribution in [0.4, 0.5) is 0 Å². The highest BCUT2D eigenvalue weighted by Crippen LogP contribution is 2.27. The molecule has 1 fully saturated rings. The maximum atomic E-state index is 11.6. The summed E-state index contributed by atoms with van der Waals surface area (Å²) >= 11 is 0. The van der Waals surface area contributed by atoms with Gasteiger partial charge in [0.1, 0.15) is 42.0 Å². The molecule has 1 heterocycles. The van der Waals surface area contributed by atoms with E-state index in [0.717, 1.165) is 6.92 Å². The third kappa shape index (κ3) is 9.27. The number of para-hydroxylation sites is 2. The normalized spacial score (nSPS) is 25.0. The van der Waals surface area contributed by atoms with Crippen LogP contribution in [0.2, 0.25) is 0 Å². The number of esters is 1. The number of carbonyl (C=O) groups is 1. The fraction of sp³-hybridized carbons (Fsp3) is 0.464. The van der Waals surface area contributed by atoms with Crippen LogP contribution in [0.25, 0.3) is 0 Å². The Labute approximate surface area is 241 Å². The van der Waals surface area contributed by atoms with E-state index in [2.05, 4.69) is 9.98 Å². The summed E-state index contributed by atoms with van der Waals surface area (Å²) in [5.74, 6) is -0.852. The first-order valence-electron chi connectivity index (χ1n) is 13.1. The maximum absolute atomic E-state index is 11.6. The number of aliphatic hydroxyl groups excluding tert-OH is 5. The molecule has 0 saturated carbocycles. The van der Waals surface area contributed by atoms with Gasteiger partial charge in [-0.3, -0.25) is 14.8 Å². The van der Waals surface area contributed by atoms with Crippen LogP contribution in [0.1, 0.15) is 18.1 Å². The summed E-state index contributed by atoms with van der Waals surface area (Å²) in [4.78, 5) is 19.9. The number of hydrogen-bond acceptors (Lipinski definition) is 14. The van der Waals surface area contributed by atoms with E-state index in [0.29, 0.717) is 11.1 Å². The van der Waals surface area contributed by atoms with Crippen LogP contribution in [0.15, 0.2) is 58.5 Å². The summed E-state index contributed by atoms with van der Waals surface area (Å²) in [6, 6.07) is 12.8. The lowest BCUT2D eigenvalue weighted by molar-refractivity contribution is -0.322. The molecular formula is C28H36N2O12. The van der Waals surface area contributed by atoms with Crippen LogP contribution in [0.3, 0.4) is 0 Å². The summed E-state index contributed by atoms with van der Waals surface area (Å²) in [7, 11) is 0. The first-order valence-corrected chi connectivity index (χ1v) is 13.1. The van der Waals surface area contributed by atoms with Gasteiger partial charge in [-0.05, 0) is 24.3 Å². The zero-order valence-corrected chi connectivity index (χ0v) is 22.8. The first kappa shape index (κ1) is 33.0. The molecule has 0 aliphatic carbocycles. The van der Waals surface area contributed by atoms with Crippen LogP contribution in [-0.4, -0.2) is 130 Å². The Bertz CT molecular complexity index is 1190. The Kier molecular flexibility index (Phi) is 12.8. The number of phenols is 2. The van der Waals surface area contributed by atoms with Crippen molar-refractivity contribution < 1.29 is 59.5 Å². The van der Waals surface area contributed by atoms with Crippen molar-refractivity contribution in [2.75, 3.05) is 26.3 Å². The summed E-state index contributed by atoms with van der Waals surface area (Å²) in [6.45, 7) is -0.846. The molecule has 0 spiro atoms. The first-order chi connectivity index (χ1) is 20.1. The van der Waals surface area contributed by atoms with Gasteiger partial charge in [0.2, 0.25) is 0 Å². The van der Waals surface area contributed by atoms with E-state index in [9.17, 15) is 40.5 Å². The highest BCUT2D eigenvalue weighted by molar-refractivity contribution is 5.83. The van der Waals surface area contributed by atoms with E-state index < -0.39 is 68.4 Å². The summed E-state index contributed by atoms with van der Waals surface area (Å²) in [6.07, 6.45) is -9.04. The second-order valence-electron chi connectivity index (χ2n) is 9.37. The minimum absolute atomic E-state index is 0.00919. The third-order valence-corrected chi connectivity index (χ3v) is 6.24. The van der Waals surface area contributed by atoms with Gasteiger partial charge in [0.25, 0.3) is 0 Å². The van der Waals surface area contributed by atoms with E-state index in [-0.39, 0.29) is 24.6 Å². The molecule has 8 atom stereocenters. The van der Waals surface area contributed by atoms with Gasteiger partial charge in [-0.25, -0.2) is 0 Å². The molecule has 0 aromatic heterocycles. The van der Waals surface area contributed by atoms with Gasteiger partial charge in [-0.1, -0.05) is 24.3 Å². The lowest BCUT2D eigenvalue weighted by Gasteiger charge is -2.42. The average molecular weight is 593 g/mol. The second-order valence-corrected chi connectivity index (χ2v) is 9.37. The molecular weight excluding hydrogens is 556 g/mol. The topological polar surface area (TPSA) is 220 Å². The van der Waals surface area contributed by atoms with Crippen LogP contribution >= 0.6 is 0 Å². The second kappa shape index (κ2) is 16.2. The number of hydrogen-bond donors (Lipinski definition) is 7. The van der Waals surface area contributed by atoms with Crippen molar-refractivity contribution in [2.24, 2.45) is 9.98 Å². The molecule has 14 heteroatoms. The Morgan fingerprint density at radius 2 is 1.50 bits per heavy atom. The molecule has 14 nitrogen and oxygen atoms in total. The lowest BCUT2D eigenvalue weighted by Crippen LogP contribution is -2.61. The molecule has 3 rings (SSSR count). The van der Waals surface area contributed by atoms with Crippen molar-refractivity contribution in [2.45, 2.75) is 56.1 Å². The third-order valence-electron chi connectivity index (χ3n) is 6.24. The molecule has 8 unspecified atom stereocenters. The number of aliphatic imine (C=N–C) groups is 2. The standard InChI is InChI=1S/C28H36N2O12/c1-16(33)39-27-25(37)23(15-32)42-28(26(27)38)41-21(12-29-10-17-6-2-4-8-19(17)34)22(14-31)40-24(36)13-30-11-18-7-3-5-9-20(18)35/h2-11,21-28,31-32,34-38H,12-15H2,1H3. The molecule has 1 aliphatic heterocycles. The zero-order chi connectivity index (χ0) is 30.6. The number of rotatable bonds is 14. The minimum atomic E-state index is -1.72. The summed E-state index contributed by atoms with van der Waals surface area (Å²) < 4.78 is 22.0. The van der Waals surface area contributed by atoms with E-state index in [4.69, 9.17) is 18.9 Å². The Hall–Kier alpha value is -3.47. The van der Waals surface area contributed by atoms with Gasteiger partial charge >= 0.3 is 5.97 Å². The van der Waals surface area contributed by atoms with Crippen molar-refractivity contribution in [3.05, 3.63) is 59.7 Å². The Morgan fingerprint density at radius 1 is 0.929 bits per heavy atom. The molecule has 230 valence electrons. The number of ether oxygens (including phenoxy) is 4. The van der Waals surface area contributed by atoms with Gasteiger partial charge in [-0.2, -0.15) is 0 Å². The molecule has 2 aromatic carbocycles. The highest BCUT2D eigenvalue weighted by Gasteiger charge is 2.48. The SMILES string of the molecule is CC(=O)OC1C(O)C(CO)OC(OC(CN=Cc2ccccc2O)C(CO)OC(O)CN=Cc2ccccc2O)C1O. The van der Waals surface area contributed by atoms with Crippen LogP contribution in [0.5, 0.6) is 11.5 Å². The number of aliphatic hydroxyl groups is 5. The van der Waals surface area contributed by atoms with Gasteiger partial charge in [0.05, 0.1) is 26.3 Å². The molecule has 0 amide bonds. The van der Waals surface area contributed by atoms with Gasteiger partial charge in [0, 0.05) is 30.5 Å². The van der Waals surface area contributed by atoms with Crippen LogP contribution in [-0.2, 0) is 23.7 Å². The van der Waals surface area contributed by atoms with Gasteiger partial charge in [0.15, 0.2) is 18.7 Å². The molecule has 1 aliphatic rings. The maximum Gasteiger partial charge on any atom is 0.303 e. The predicted molar refractivity (Wildman–Crippen MR) is 147 cm³/mol. The van der Waals surface area contributed by atoms with Crippen molar-refractivity contribution in [3.8, 4) is 11.5 Å². The number of nitrogens with zero attached hydrogens (tertiary/aromatic N) is 2. The summed E-state index contributed by atoms with van der Waals surface area (Å²) in [5, 5.41) is 71.3. The molecule has 0 bridgehead atoms. The Morgan fingerprint density at radius 3 is 2.02 bits per heavy atom. The van der Waals surface area contributed by atoms with Crippen molar-refractivity contribution >= 4 is 18.4 Å². The number of phenolic OH excluding ortho intramolecular Hbond substituents is 2. The van der Waals surface area contributed by atoms with E-state index in [1.807, 2.05) is 0 Å². The molecule has 1 saturated heterocycles. The lowest BCUT2D eigenvalue weighted by atomic mass is 9.99. The van der Waals surface area contributed by atoms with Crippen molar-refractivity contribution in [1.82, 2.24) is 0 Å². The Balaban J connectivity index is 1.78. The van der Waals surface area contributed by atoms with E-state index in [1.54, 1.807) is 36.4 Å². The quantitative estimate of drug-likeness (QED) is 0.0805.